The third kappa shape index (κ3) is 5.73. The molecule has 3 rings (SSSR count). The molecular formula is C21H28N4O4. The molecule has 1 aromatic heterocycles. The van der Waals surface area contributed by atoms with Crippen LogP contribution in [0.1, 0.15) is 36.7 Å². The fraction of sp³-hybridized carbons (Fsp3) is 0.476. The lowest BCUT2D eigenvalue weighted by atomic mass is 9.98. The SMILES string of the molecule is CCOC(=O)CCNC(=O)N1CCC[C@H](CNC(=O)c2cc3ccccc3[nH]2)C1. The van der Waals surface area contributed by atoms with Crippen LogP contribution < -0.4 is 10.6 Å². The Hall–Kier alpha value is -3.03. The van der Waals surface area contributed by atoms with Gasteiger partial charge in [0, 0.05) is 37.1 Å². The zero-order valence-electron chi connectivity index (χ0n) is 16.7. The van der Waals surface area contributed by atoms with Gasteiger partial charge in [-0.1, -0.05) is 18.2 Å². The first kappa shape index (κ1) is 20.7. The number of likely N-dealkylation sites (tertiary alicyclic amines) is 1. The predicted octanol–water partition coefficient (Wildman–Crippen LogP) is 2.27. The van der Waals surface area contributed by atoms with Gasteiger partial charge in [-0.05, 0) is 37.8 Å². The van der Waals surface area contributed by atoms with E-state index in [4.69, 9.17) is 4.74 Å². The summed E-state index contributed by atoms with van der Waals surface area (Å²) in [6.45, 7) is 4.12. The van der Waals surface area contributed by atoms with Gasteiger partial charge in [-0.3, -0.25) is 9.59 Å². The van der Waals surface area contributed by atoms with Gasteiger partial charge < -0.3 is 25.3 Å². The molecule has 1 aromatic carbocycles. The normalized spacial score (nSPS) is 16.4. The van der Waals surface area contributed by atoms with E-state index in [-0.39, 0.29) is 36.8 Å². The van der Waals surface area contributed by atoms with Gasteiger partial charge in [-0.2, -0.15) is 0 Å². The summed E-state index contributed by atoms with van der Waals surface area (Å²) in [6.07, 6.45) is 2.01. The molecule has 8 heteroatoms. The second-order valence-electron chi connectivity index (χ2n) is 7.22. The van der Waals surface area contributed by atoms with Crippen molar-refractivity contribution in [2.45, 2.75) is 26.2 Å². The number of urea groups is 1. The highest BCUT2D eigenvalue weighted by Crippen LogP contribution is 2.17. The lowest BCUT2D eigenvalue weighted by molar-refractivity contribution is -0.142. The Morgan fingerprint density at radius 2 is 2.07 bits per heavy atom. The van der Waals surface area contributed by atoms with E-state index < -0.39 is 0 Å². The summed E-state index contributed by atoms with van der Waals surface area (Å²) in [5, 5.41) is 6.73. The number of aromatic amines is 1. The zero-order valence-corrected chi connectivity index (χ0v) is 16.7. The van der Waals surface area contributed by atoms with Crippen molar-refractivity contribution < 1.29 is 19.1 Å². The van der Waals surface area contributed by atoms with E-state index in [1.165, 1.54) is 0 Å². The van der Waals surface area contributed by atoms with Crippen molar-refractivity contribution in [3.8, 4) is 0 Å². The van der Waals surface area contributed by atoms with Crippen LogP contribution in [-0.2, 0) is 9.53 Å². The van der Waals surface area contributed by atoms with E-state index in [2.05, 4.69) is 15.6 Å². The maximum Gasteiger partial charge on any atom is 0.317 e. The van der Waals surface area contributed by atoms with Crippen LogP contribution in [-0.4, -0.2) is 60.6 Å². The summed E-state index contributed by atoms with van der Waals surface area (Å²) in [7, 11) is 0. The molecule has 0 radical (unpaired) electrons. The van der Waals surface area contributed by atoms with E-state index in [9.17, 15) is 14.4 Å². The number of carbonyl (C=O) groups excluding carboxylic acids is 3. The number of benzene rings is 1. The Morgan fingerprint density at radius 1 is 1.24 bits per heavy atom. The maximum absolute atomic E-state index is 12.5. The average molecular weight is 400 g/mol. The van der Waals surface area contributed by atoms with Gasteiger partial charge in [-0.15, -0.1) is 0 Å². The molecule has 8 nitrogen and oxygen atoms in total. The van der Waals surface area contributed by atoms with Gasteiger partial charge in [0.05, 0.1) is 13.0 Å². The molecule has 2 heterocycles. The molecule has 0 bridgehead atoms. The fourth-order valence-electron chi connectivity index (χ4n) is 3.56. The highest BCUT2D eigenvalue weighted by molar-refractivity contribution is 5.97. The summed E-state index contributed by atoms with van der Waals surface area (Å²) in [5.41, 5.74) is 1.47. The van der Waals surface area contributed by atoms with E-state index >= 15 is 0 Å². The molecule has 0 spiro atoms. The monoisotopic (exact) mass is 400 g/mol. The number of nitrogens with zero attached hydrogens (tertiary/aromatic N) is 1. The van der Waals surface area contributed by atoms with Crippen molar-refractivity contribution >= 4 is 28.8 Å². The Morgan fingerprint density at radius 3 is 2.86 bits per heavy atom. The minimum Gasteiger partial charge on any atom is -0.466 e. The summed E-state index contributed by atoms with van der Waals surface area (Å²) < 4.78 is 4.85. The van der Waals surface area contributed by atoms with E-state index in [0.29, 0.717) is 31.9 Å². The van der Waals surface area contributed by atoms with Crippen LogP contribution in [0, 0.1) is 5.92 Å². The molecular weight excluding hydrogens is 372 g/mol. The second kappa shape index (κ2) is 9.95. The number of rotatable bonds is 7. The van der Waals surface area contributed by atoms with Gasteiger partial charge in [0.15, 0.2) is 0 Å². The number of carbonyl (C=O) groups is 3. The van der Waals surface area contributed by atoms with Crippen molar-refractivity contribution in [1.29, 1.82) is 0 Å². The number of H-pyrrole nitrogens is 1. The number of nitrogens with one attached hydrogen (secondary N) is 3. The molecule has 1 atom stereocenters. The average Bonchev–Trinajstić information content (AvgIpc) is 3.17. The first-order valence-corrected chi connectivity index (χ1v) is 10.1. The standard InChI is InChI=1S/C21H28N4O4/c1-2-29-19(26)9-10-22-21(28)25-11-5-6-15(14-25)13-23-20(27)18-12-16-7-3-4-8-17(16)24-18/h3-4,7-8,12,15,24H,2,5-6,9-11,13-14H2,1H3,(H,22,28)(H,23,27)/t15-/m1/s1. The van der Waals surface area contributed by atoms with Crippen LogP contribution in [0.3, 0.4) is 0 Å². The quantitative estimate of drug-likeness (QED) is 0.620. The second-order valence-corrected chi connectivity index (χ2v) is 7.22. The van der Waals surface area contributed by atoms with Crippen molar-refractivity contribution in [3.05, 3.63) is 36.0 Å². The highest BCUT2D eigenvalue weighted by Gasteiger charge is 2.24. The summed E-state index contributed by atoms with van der Waals surface area (Å²) >= 11 is 0. The van der Waals surface area contributed by atoms with E-state index in [1.807, 2.05) is 30.3 Å². The molecule has 2 aromatic rings. The number of piperidine rings is 1. The Balaban J connectivity index is 1.43. The van der Waals surface area contributed by atoms with Crippen molar-refractivity contribution in [1.82, 2.24) is 20.5 Å². The summed E-state index contributed by atoms with van der Waals surface area (Å²) in [6, 6.07) is 9.42. The van der Waals surface area contributed by atoms with Gasteiger partial charge in [0.1, 0.15) is 5.69 Å². The minimum atomic E-state index is -0.316. The molecule has 29 heavy (non-hydrogen) atoms. The molecule has 1 aliphatic rings. The van der Waals surface area contributed by atoms with Gasteiger partial charge in [-0.25, -0.2) is 4.79 Å². The maximum atomic E-state index is 12.5. The van der Waals surface area contributed by atoms with Gasteiger partial charge in [0.2, 0.25) is 0 Å². The molecule has 0 saturated carbocycles. The molecule has 3 amide bonds. The van der Waals surface area contributed by atoms with E-state index in [1.54, 1.807) is 11.8 Å². The first-order chi connectivity index (χ1) is 14.1. The fourth-order valence-corrected chi connectivity index (χ4v) is 3.56. The van der Waals surface area contributed by atoms with Crippen LogP contribution in [0.5, 0.6) is 0 Å². The number of hydrogen-bond donors (Lipinski definition) is 3. The Kier molecular flexibility index (Phi) is 7.10. The third-order valence-corrected chi connectivity index (χ3v) is 5.04. The van der Waals surface area contributed by atoms with Crippen LogP contribution in [0.2, 0.25) is 0 Å². The van der Waals surface area contributed by atoms with Crippen molar-refractivity contribution in [2.75, 3.05) is 32.8 Å². The number of hydrogen-bond acceptors (Lipinski definition) is 4. The molecule has 1 fully saturated rings. The molecule has 0 aliphatic carbocycles. The predicted molar refractivity (Wildman–Crippen MR) is 110 cm³/mol. The number of amides is 3. The minimum absolute atomic E-state index is 0.141. The third-order valence-electron chi connectivity index (χ3n) is 5.04. The van der Waals surface area contributed by atoms with Crippen molar-refractivity contribution in [3.63, 3.8) is 0 Å². The molecule has 156 valence electrons. The lowest BCUT2D eigenvalue weighted by Crippen LogP contribution is -2.48. The molecule has 3 N–H and O–H groups in total. The van der Waals surface area contributed by atoms with Crippen molar-refractivity contribution in [2.24, 2.45) is 5.92 Å². The largest absolute Gasteiger partial charge is 0.466 e. The summed E-state index contributed by atoms with van der Waals surface area (Å²) in [5.74, 6) is -0.255. The van der Waals surface area contributed by atoms with Gasteiger partial charge in [0.25, 0.3) is 5.91 Å². The van der Waals surface area contributed by atoms with Crippen LogP contribution in [0.25, 0.3) is 10.9 Å². The molecule has 1 aliphatic heterocycles. The number of fused-ring (bicyclic) bond motifs is 1. The Labute approximate surface area is 170 Å². The van der Waals surface area contributed by atoms with Crippen LogP contribution in [0.15, 0.2) is 30.3 Å². The topological polar surface area (TPSA) is 104 Å². The first-order valence-electron chi connectivity index (χ1n) is 10.1. The number of ether oxygens (including phenoxy) is 1. The zero-order chi connectivity index (χ0) is 20.6. The highest BCUT2D eigenvalue weighted by atomic mass is 16.5. The number of para-hydroxylation sites is 1. The Bertz CT molecular complexity index is 830. The van der Waals surface area contributed by atoms with E-state index in [0.717, 1.165) is 23.7 Å². The van der Waals surface area contributed by atoms with Crippen LogP contribution in [0.4, 0.5) is 4.79 Å². The molecule has 1 saturated heterocycles. The number of esters is 1. The van der Waals surface area contributed by atoms with Gasteiger partial charge >= 0.3 is 12.0 Å². The lowest BCUT2D eigenvalue weighted by Gasteiger charge is -2.32. The molecule has 0 unspecified atom stereocenters. The smallest absolute Gasteiger partial charge is 0.317 e. The number of aromatic nitrogens is 1. The summed E-state index contributed by atoms with van der Waals surface area (Å²) in [4.78, 5) is 41.0. The van der Waals surface area contributed by atoms with Crippen LogP contribution >= 0.6 is 0 Å².